The molecule has 14 heavy (non-hydrogen) atoms. The van der Waals surface area contributed by atoms with Gasteiger partial charge in [0.25, 0.3) is 0 Å². The fourth-order valence-electron chi connectivity index (χ4n) is 2.12. The van der Waals surface area contributed by atoms with E-state index >= 15 is 0 Å². The Hall–Kier alpha value is -0.630. The molecule has 0 aromatic heterocycles. The molecule has 0 N–H and O–H groups in total. The van der Waals surface area contributed by atoms with Crippen LogP contribution in [0.5, 0.6) is 0 Å². The highest BCUT2D eigenvalue weighted by Gasteiger charge is 2.13. The zero-order chi connectivity index (χ0) is 9.80. The predicted octanol–water partition coefficient (Wildman–Crippen LogP) is 2.76. The number of para-hydroxylation sites is 1. The fraction of sp³-hybridized carbons (Fsp3) is 0.500. The third-order valence-corrected chi connectivity index (χ3v) is 3.03. The van der Waals surface area contributed by atoms with Gasteiger partial charge >= 0.3 is 0 Å². The summed E-state index contributed by atoms with van der Waals surface area (Å²) in [5, 5.41) is 0. The summed E-state index contributed by atoms with van der Waals surface area (Å²) in [4.78, 5) is 2.47. The standard InChI is InChI=1S/C12H17NS/c14-10-9-13-8-4-3-6-11-5-1-2-7-12(11)13/h1-2,5,7,14H,3-4,6,8-10H2. The Kier molecular flexibility index (Phi) is 3.35. The zero-order valence-electron chi connectivity index (χ0n) is 8.45. The number of anilines is 1. The molecule has 0 atom stereocenters. The smallest absolute Gasteiger partial charge is 0.0399 e. The Morgan fingerprint density at radius 2 is 2.07 bits per heavy atom. The number of aryl methyl sites for hydroxylation is 1. The molecule has 0 aliphatic carbocycles. The second-order valence-electron chi connectivity index (χ2n) is 3.80. The second kappa shape index (κ2) is 4.74. The first kappa shape index (κ1) is 9.91. The molecule has 0 amide bonds. The van der Waals surface area contributed by atoms with Gasteiger partial charge in [0.2, 0.25) is 0 Å². The quantitative estimate of drug-likeness (QED) is 0.730. The van der Waals surface area contributed by atoms with E-state index in [1.807, 2.05) is 0 Å². The molecule has 76 valence electrons. The highest BCUT2D eigenvalue weighted by molar-refractivity contribution is 7.80. The van der Waals surface area contributed by atoms with E-state index < -0.39 is 0 Å². The Labute approximate surface area is 91.5 Å². The highest BCUT2D eigenvalue weighted by Crippen LogP contribution is 2.25. The fourth-order valence-corrected chi connectivity index (χ4v) is 2.36. The first-order valence-corrected chi connectivity index (χ1v) is 5.99. The van der Waals surface area contributed by atoms with Crippen LogP contribution >= 0.6 is 12.6 Å². The average Bonchev–Trinajstić information content (AvgIpc) is 2.42. The van der Waals surface area contributed by atoms with Crippen molar-refractivity contribution in [2.24, 2.45) is 0 Å². The number of thiol groups is 1. The maximum absolute atomic E-state index is 4.32. The van der Waals surface area contributed by atoms with Gasteiger partial charge < -0.3 is 4.90 Å². The van der Waals surface area contributed by atoms with Gasteiger partial charge in [0.1, 0.15) is 0 Å². The number of fused-ring (bicyclic) bond motifs is 1. The molecule has 0 spiro atoms. The van der Waals surface area contributed by atoms with Gasteiger partial charge in [-0.1, -0.05) is 18.2 Å². The SMILES string of the molecule is SCCN1CCCCc2ccccc21. The number of benzene rings is 1. The maximum Gasteiger partial charge on any atom is 0.0399 e. The molecular formula is C12H17NS. The molecule has 1 heterocycles. The van der Waals surface area contributed by atoms with Crippen molar-refractivity contribution in [1.82, 2.24) is 0 Å². The van der Waals surface area contributed by atoms with Gasteiger partial charge in [-0.3, -0.25) is 0 Å². The summed E-state index contributed by atoms with van der Waals surface area (Å²) in [6, 6.07) is 8.77. The lowest BCUT2D eigenvalue weighted by Crippen LogP contribution is -2.26. The van der Waals surface area contributed by atoms with Crippen LogP contribution in [-0.2, 0) is 6.42 Å². The van der Waals surface area contributed by atoms with Crippen molar-refractivity contribution in [1.29, 1.82) is 0 Å². The summed E-state index contributed by atoms with van der Waals surface area (Å²) in [5.41, 5.74) is 2.94. The van der Waals surface area contributed by atoms with E-state index in [4.69, 9.17) is 0 Å². The molecule has 0 radical (unpaired) electrons. The second-order valence-corrected chi connectivity index (χ2v) is 4.24. The van der Waals surface area contributed by atoms with Crippen LogP contribution < -0.4 is 4.90 Å². The molecule has 1 aromatic rings. The lowest BCUT2D eigenvalue weighted by atomic mass is 10.1. The van der Waals surface area contributed by atoms with Gasteiger partial charge in [-0.2, -0.15) is 12.6 Å². The first-order chi connectivity index (χ1) is 6.92. The summed E-state index contributed by atoms with van der Waals surface area (Å²) in [7, 11) is 0. The third kappa shape index (κ3) is 2.06. The maximum atomic E-state index is 4.32. The molecule has 1 aliphatic heterocycles. The topological polar surface area (TPSA) is 3.24 Å². The summed E-state index contributed by atoms with van der Waals surface area (Å²) < 4.78 is 0. The lowest BCUT2D eigenvalue weighted by Gasteiger charge is -2.23. The van der Waals surface area contributed by atoms with E-state index in [0.717, 1.165) is 12.3 Å². The van der Waals surface area contributed by atoms with Crippen molar-refractivity contribution in [3.05, 3.63) is 29.8 Å². The minimum Gasteiger partial charge on any atom is -0.370 e. The van der Waals surface area contributed by atoms with Gasteiger partial charge in [0, 0.05) is 24.5 Å². The highest BCUT2D eigenvalue weighted by atomic mass is 32.1. The lowest BCUT2D eigenvalue weighted by molar-refractivity contribution is 0.729. The van der Waals surface area contributed by atoms with Crippen molar-refractivity contribution < 1.29 is 0 Å². The van der Waals surface area contributed by atoms with Gasteiger partial charge in [-0.25, -0.2) is 0 Å². The van der Waals surface area contributed by atoms with E-state index in [0.29, 0.717) is 0 Å². The molecule has 0 unspecified atom stereocenters. The van der Waals surface area contributed by atoms with E-state index in [-0.39, 0.29) is 0 Å². The Morgan fingerprint density at radius 3 is 2.93 bits per heavy atom. The number of rotatable bonds is 2. The van der Waals surface area contributed by atoms with Crippen molar-refractivity contribution in [3.63, 3.8) is 0 Å². The molecule has 1 aliphatic rings. The summed E-state index contributed by atoms with van der Waals surface area (Å²) in [6.07, 6.45) is 3.86. The monoisotopic (exact) mass is 207 g/mol. The number of hydrogen-bond donors (Lipinski definition) is 1. The van der Waals surface area contributed by atoms with Gasteiger partial charge in [0.05, 0.1) is 0 Å². The average molecular weight is 207 g/mol. The molecule has 1 aromatic carbocycles. The third-order valence-electron chi connectivity index (χ3n) is 2.83. The van der Waals surface area contributed by atoms with Crippen molar-refractivity contribution in [3.8, 4) is 0 Å². The van der Waals surface area contributed by atoms with E-state index in [9.17, 15) is 0 Å². The van der Waals surface area contributed by atoms with Crippen LogP contribution in [0.3, 0.4) is 0 Å². The van der Waals surface area contributed by atoms with Gasteiger partial charge in [-0.05, 0) is 30.9 Å². The molecule has 0 saturated carbocycles. The molecule has 0 saturated heterocycles. The molecule has 2 heteroatoms. The van der Waals surface area contributed by atoms with E-state index in [1.165, 1.54) is 37.1 Å². The Balaban J connectivity index is 2.27. The number of hydrogen-bond acceptors (Lipinski definition) is 2. The predicted molar refractivity (Wildman–Crippen MR) is 65.4 cm³/mol. The summed E-state index contributed by atoms with van der Waals surface area (Å²) in [6.45, 7) is 2.26. The van der Waals surface area contributed by atoms with Gasteiger partial charge in [0.15, 0.2) is 0 Å². The normalized spacial score (nSPS) is 16.2. The molecule has 0 bridgehead atoms. The first-order valence-electron chi connectivity index (χ1n) is 5.35. The minimum atomic E-state index is 0.939. The molecule has 2 rings (SSSR count). The zero-order valence-corrected chi connectivity index (χ0v) is 9.34. The Morgan fingerprint density at radius 1 is 1.21 bits per heavy atom. The summed E-state index contributed by atoms with van der Waals surface area (Å²) >= 11 is 4.32. The largest absolute Gasteiger partial charge is 0.370 e. The molecular weight excluding hydrogens is 190 g/mol. The Bertz CT molecular complexity index is 298. The van der Waals surface area contributed by atoms with Crippen LogP contribution in [0.2, 0.25) is 0 Å². The van der Waals surface area contributed by atoms with Crippen LogP contribution in [-0.4, -0.2) is 18.8 Å². The van der Waals surface area contributed by atoms with Crippen LogP contribution in [0.25, 0.3) is 0 Å². The number of nitrogens with zero attached hydrogens (tertiary/aromatic N) is 1. The van der Waals surface area contributed by atoms with Crippen LogP contribution in [0, 0.1) is 0 Å². The van der Waals surface area contributed by atoms with E-state index in [1.54, 1.807) is 0 Å². The van der Waals surface area contributed by atoms with Crippen molar-refractivity contribution >= 4 is 18.3 Å². The van der Waals surface area contributed by atoms with Crippen LogP contribution in [0.15, 0.2) is 24.3 Å². The van der Waals surface area contributed by atoms with Crippen LogP contribution in [0.1, 0.15) is 18.4 Å². The molecule has 0 fully saturated rings. The van der Waals surface area contributed by atoms with Crippen LogP contribution in [0.4, 0.5) is 5.69 Å². The van der Waals surface area contributed by atoms with E-state index in [2.05, 4.69) is 41.8 Å². The molecule has 1 nitrogen and oxygen atoms in total. The minimum absolute atomic E-state index is 0.939. The van der Waals surface area contributed by atoms with Crippen molar-refractivity contribution in [2.75, 3.05) is 23.7 Å². The summed E-state index contributed by atoms with van der Waals surface area (Å²) in [5.74, 6) is 0.939. The van der Waals surface area contributed by atoms with Crippen molar-refractivity contribution in [2.45, 2.75) is 19.3 Å². The van der Waals surface area contributed by atoms with Gasteiger partial charge in [-0.15, -0.1) is 0 Å².